The summed E-state index contributed by atoms with van der Waals surface area (Å²) in [5.41, 5.74) is 0. The van der Waals surface area contributed by atoms with Crippen LogP contribution in [-0.2, 0) is 20.2 Å². The zero-order chi connectivity index (χ0) is 13.5. The molecule has 2 N–H and O–H groups in total. The molecule has 0 aliphatic carbocycles. The van der Waals surface area contributed by atoms with Crippen LogP contribution in [0.2, 0.25) is 0 Å². The molecule has 0 rings (SSSR count). The van der Waals surface area contributed by atoms with Crippen LogP contribution < -0.4 is 0 Å². The lowest BCUT2D eigenvalue weighted by molar-refractivity contribution is 0.457. The first-order valence-corrected chi connectivity index (χ1v) is 8.34. The minimum Gasteiger partial charge on any atom is -0.286 e. The lowest BCUT2D eigenvalue weighted by atomic mass is 10.2. The van der Waals surface area contributed by atoms with E-state index in [1.807, 2.05) is 6.92 Å². The molecule has 0 aromatic rings. The van der Waals surface area contributed by atoms with Crippen molar-refractivity contribution < 1.29 is 25.9 Å². The summed E-state index contributed by atoms with van der Waals surface area (Å²) in [6, 6.07) is 0. The quantitative estimate of drug-likeness (QED) is 0.395. The van der Waals surface area contributed by atoms with Crippen molar-refractivity contribution in [3.05, 3.63) is 12.2 Å². The van der Waals surface area contributed by atoms with Gasteiger partial charge in [0.05, 0.1) is 5.75 Å². The summed E-state index contributed by atoms with van der Waals surface area (Å²) in [6.07, 6.45) is 5.80. The van der Waals surface area contributed by atoms with Gasteiger partial charge >= 0.3 is 0 Å². The summed E-state index contributed by atoms with van der Waals surface area (Å²) in [5, 5.41) is -1.52. The van der Waals surface area contributed by atoms with E-state index in [0.717, 1.165) is 19.3 Å². The van der Waals surface area contributed by atoms with Crippen LogP contribution in [0.4, 0.5) is 0 Å². The summed E-state index contributed by atoms with van der Waals surface area (Å²) < 4.78 is 60.3. The molecule has 0 aliphatic rings. The van der Waals surface area contributed by atoms with Gasteiger partial charge in [0.15, 0.2) is 0 Å². The van der Waals surface area contributed by atoms with Gasteiger partial charge in [0.25, 0.3) is 20.2 Å². The van der Waals surface area contributed by atoms with Crippen molar-refractivity contribution in [2.45, 2.75) is 37.9 Å². The lowest BCUT2D eigenvalue weighted by Gasteiger charge is -2.09. The van der Waals surface area contributed by atoms with E-state index in [9.17, 15) is 16.8 Å². The highest BCUT2D eigenvalue weighted by Crippen LogP contribution is 2.09. The Balaban J connectivity index is 4.48. The van der Waals surface area contributed by atoms with Crippen LogP contribution in [0.1, 0.15) is 32.6 Å². The average molecular weight is 286 g/mol. The standard InChI is InChI=1S/C9H18O6S2/c1-2-3-4-5-6-7-9(17(13,14)15)8-16(10,11)12/h5-6,9H,2-4,7-8H2,1H3,(H,10,11,12)(H,13,14,15). The molecule has 0 fully saturated rings. The third-order valence-electron chi connectivity index (χ3n) is 2.11. The Morgan fingerprint density at radius 3 is 2.12 bits per heavy atom. The van der Waals surface area contributed by atoms with E-state index < -0.39 is 31.2 Å². The molecule has 8 heteroatoms. The van der Waals surface area contributed by atoms with E-state index in [0.29, 0.717) is 0 Å². The molecular formula is C9H18O6S2. The summed E-state index contributed by atoms with van der Waals surface area (Å²) in [6.45, 7) is 2.01. The third kappa shape index (κ3) is 9.28. The topological polar surface area (TPSA) is 109 Å². The van der Waals surface area contributed by atoms with Crippen molar-refractivity contribution in [3.8, 4) is 0 Å². The second-order valence-corrected chi connectivity index (χ2v) is 6.93. The van der Waals surface area contributed by atoms with Crippen LogP contribution in [0, 0.1) is 0 Å². The summed E-state index contributed by atoms with van der Waals surface area (Å²) in [4.78, 5) is 0. The minimum atomic E-state index is -4.48. The molecule has 0 spiro atoms. The van der Waals surface area contributed by atoms with Crippen molar-refractivity contribution >= 4 is 20.2 Å². The number of allylic oxidation sites excluding steroid dienone is 2. The van der Waals surface area contributed by atoms with E-state index in [-0.39, 0.29) is 6.42 Å². The zero-order valence-electron chi connectivity index (χ0n) is 9.61. The highest BCUT2D eigenvalue weighted by molar-refractivity contribution is 7.90. The smallest absolute Gasteiger partial charge is 0.269 e. The summed E-state index contributed by atoms with van der Waals surface area (Å²) in [7, 11) is -8.91. The van der Waals surface area contributed by atoms with Crippen molar-refractivity contribution in [3.63, 3.8) is 0 Å². The first kappa shape index (κ1) is 16.6. The number of rotatable bonds is 8. The molecule has 0 heterocycles. The molecule has 1 atom stereocenters. The molecule has 6 nitrogen and oxygen atoms in total. The summed E-state index contributed by atoms with van der Waals surface area (Å²) in [5.74, 6) is -0.996. The maximum atomic E-state index is 10.9. The van der Waals surface area contributed by atoms with Crippen LogP contribution >= 0.6 is 0 Å². The molecule has 0 radical (unpaired) electrons. The van der Waals surface area contributed by atoms with Gasteiger partial charge in [0, 0.05) is 0 Å². The van der Waals surface area contributed by atoms with E-state index in [1.54, 1.807) is 6.08 Å². The van der Waals surface area contributed by atoms with Gasteiger partial charge in [0.2, 0.25) is 0 Å². The van der Waals surface area contributed by atoms with Gasteiger partial charge in [-0.05, 0) is 12.8 Å². The molecule has 0 bridgehead atoms. The predicted molar refractivity (Wildman–Crippen MR) is 65.0 cm³/mol. The van der Waals surface area contributed by atoms with Crippen LogP contribution in [0.5, 0.6) is 0 Å². The van der Waals surface area contributed by atoms with Crippen molar-refractivity contribution in [1.29, 1.82) is 0 Å². The number of hydrogen-bond acceptors (Lipinski definition) is 4. The van der Waals surface area contributed by atoms with Crippen molar-refractivity contribution in [2.75, 3.05) is 5.75 Å². The van der Waals surface area contributed by atoms with Crippen molar-refractivity contribution in [2.24, 2.45) is 0 Å². The Bertz CT molecular complexity index is 434. The largest absolute Gasteiger partial charge is 0.286 e. The Kier molecular flexibility index (Phi) is 6.91. The van der Waals surface area contributed by atoms with Crippen LogP contribution in [0.15, 0.2) is 12.2 Å². The number of hydrogen-bond donors (Lipinski definition) is 2. The number of unbranched alkanes of at least 4 members (excludes halogenated alkanes) is 2. The van der Waals surface area contributed by atoms with Crippen LogP contribution in [-0.4, -0.2) is 36.9 Å². The SMILES string of the molecule is CCCCC=CCC(CS(=O)(=O)O)S(=O)(=O)O. The second-order valence-electron chi connectivity index (χ2n) is 3.73. The average Bonchev–Trinajstić information content (AvgIpc) is 2.12. The van der Waals surface area contributed by atoms with E-state index in [1.165, 1.54) is 6.08 Å². The highest BCUT2D eigenvalue weighted by Gasteiger charge is 2.27. The zero-order valence-corrected chi connectivity index (χ0v) is 11.2. The molecule has 0 aromatic heterocycles. The minimum absolute atomic E-state index is 0.137. The Labute approximate surface area is 102 Å². The fourth-order valence-corrected chi connectivity index (χ4v) is 3.36. The van der Waals surface area contributed by atoms with Crippen LogP contribution in [0.25, 0.3) is 0 Å². The van der Waals surface area contributed by atoms with E-state index in [4.69, 9.17) is 9.11 Å². The monoisotopic (exact) mass is 286 g/mol. The van der Waals surface area contributed by atoms with E-state index in [2.05, 4.69) is 0 Å². The molecule has 0 saturated carbocycles. The van der Waals surface area contributed by atoms with E-state index >= 15 is 0 Å². The molecule has 1 unspecified atom stereocenters. The lowest BCUT2D eigenvalue weighted by Crippen LogP contribution is -2.28. The van der Waals surface area contributed by atoms with Gasteiger partial charge in [-0.1, -0.05) is 31.9 Å². The second kappa shape index (κ2) is 7.10. The molecule has 0 aliphatic heterocycles. The fraction of sp³-hybridized carbons (Fsp3) is 0.778. The van der Waals surface area contributed by atoms with Gasteiger partial charge in [-0.3, -0.25) is 9.11 Å². The molecule has 17 heavy (non-hydrogen) atoms. The molecule has 102 valence electrons. The van der Waals surface area contributed by atoms with Crippen molar-refractivity contribution in [1.82, 2.24) is 0 Å². The maximum absolute atomic E-state index is 10.9. The third-order valence-corrected chi connectivity index (χ3v) is 4.34. The Morgan fingerprint density at radius 2 is 1.71 bits per heavy atom. The normalized spacial score (nSPS) is 15.2. The van der Waals surface area contributed by atoms with Gasteiger partial charge in [-0.25, -0.2) is 0 Å². The van der Waals surface area contributed by atoms with Gasteiger partial charge < -0.3 is 0 Å². The molecule has 0 amide bonds. The molecule has 0 aromatic carbocycles. The van der Waals surface area contributed by atoms with Gasteiger partial charge in [-0.15, -0.1) is 0 Å². The Hall–Kier alpha value is -0.440. The highest BCUT2D eigenvalue weighted by atomic mass is 32.2. The predicted octanol–water partition coefficient (Wildman–Crippen LogP) is 1.27. The molecular weight excluding hydrogens is 268 g/mol. The van der Waals surface area contributed by atoms with Gasteiger partial charge in [-0.2, -0.15) is 16.8 Å². The summed E-state index contributed by atoms with van der Waals surface area (Å²) >= 11 is 0. The first-order chi connectivity index (χ1) is 7.67. The van der Waals surface area contributed by atoms with Crippen LogP contribution in [0.3, 0.4) is 0 Å². The maximum Gasteiger partial charge on any atom is 0.269 e. The van der Waals surface area contributed by atoms with Gasteiger partial charge in [0.1, 0.15) is 5.25 Å². The fourth-order valence-electron chi connectivity index (χ4n) is 1.20. The Morgan fingerprint density at radius 1 is 1.12 bits per heavy atom. The first-order valence-electron chi connectivity index (χ1n) is 5.23. The molecule has 0 saturated heterocycles.